The molecule has 0 aliphatic carbocycles. The number of thiazole rings is 1. The highest BCUT2D eigenvalue weighted by atomic mass is 32.1. The van der Waals surface area contributed by atoms with Gasteiger partial charge < -0.3 is 19.9 Å². The van der Waals surface area contributed by atoms with Gasteiger partial charge in [0.15, 0.2) is 11.5 Å². The van der Waals surface area contributed by atoms with Crippen LogP contribution in [0.25, 0.3) is 10.6 Å². The number of aryl methyl sites for hydroxylation is 1. The van der Waals surface area contributed by atoms with E-state index < -0.39 is 17.9 Å². The van der Waals surface area contributed by atoms with Crippen LogP contribution in [0.5, 0.6) is 11.5 Å². The lowest BCUT2D eigenvalue weighted by Crippen LogP contribution is -2.40. The zero-order valence-electron chi connectivity index (χ0n) is 15.9. The highest BCUT2D eigenvalue weighted by Gasteiger charge is 2.23. The highest BCUT2D eigenvalue weighted by molar-refractivity contribution is 7.17. The molecule has 146 valence electrons. The van der Waals surface area contributed by atoms with E-state index in [-0.39, 0.29) is 0 Å². The van der Waals surface area contributed by atoms with E-state index >= 15 is 0 Å². The van der Waals surface area contributed by atoms with E-state index in [1.165, 1.54) is 11.3 Å². The number of nitrogens with one attached hydrogen (secondary N) is 1. The molecule has 2 aromatic rings. The first kappa shape index (κ1) is 20.7. The van der Waals surface area contributed by atoms with Crippen LogP contribution in [-0.2, 0) is 4.79 Å². The first-order valence-corrected chi connectivity index (χ1v) is 9.46. The van der Waals surface area contributed by atoms with Crippen LogP contribution in [0.1, 0.15) is 41.6 Å². The van der Waals surface area contributed by atoms with Crippen LogP contribution in [0.15, 0.2) is 18.2 Å². The molecule has 0 spiro atoms. The van der Waals surface area contributed by atoms with Gasteiger partial charge in [-0.25, -0.2) is 9.78 Å². The predicted molar refractivity (Wildman–Crippen MR) is 104 cm³/mol. The van der Waals surface area contributed by atoms with Crippen molar-refractivity contribution in [3.63, 3.8) is 0 Å². The van der Waals surface area contributed by atoms with Crippen molar-refractivity contribution < 1.29 is 24.2 Å². The zero-order valence-corrected chi connectivity index (χ0v) is 16.7. The molecule has 0 unspecified atom stereocenters. The van der Waals surface area contributed by atoms with Gasteiger partial charge in [0.2, 0.25) is 0 Å². The fraction of sp³-hybridized carbons (Fsp3) is 0.421. The van der Waals surface area contributed by atoms with Crippen molar-refractivity contribution in [1.82, 2.24) is 10.3 Å². The van der Waals surface area contributed by atoms with Gasteiger partial charge in [0.05, 0.1) is 19.9 Å². The second-order valence-electron chi connectivity index (χ2n) is 6.01. The van der Waals surface area contributed by atoms with Gasteiger partial charge in [-0.1, -0.05) is 19.8 Å². The molecule has 1 heterocycles. The van der Waals surface area contributed by atoms with E-state index in [1.807, 2.05) is 13.0 Å². The first-order valence-electron chi connectivity index (χ1n) is 8.64. The van der Waals surface area contributed by atoms with Gasteiger partial charge >= 0.3 is 5.97 Å². The molecule has 2 rings (SSSR count). The van der Waals surface area contributed by atoms with Crippen LogP contribution >= 0.6 is 11.3 Å². The van der Waals surface area contributed by atoms with Crippen molar-refractivity contribution in [1.29, 1.82) is 0 Å². The average molecular weight is 392 g/mol. The molecular weight excluding hydrogens is 368 g/mol. The van der Waals surface area contributed by atoms with Crippen LogP contribution in [0.2, 0.25) is 0 Å². The van der Waals surface area contributed by atoms with Gasteiger partial charge in [-0.05, 0) is 31.5 Å². The zero-order chi connectivity index (χ0) is 20.0. The maximum Gasteiger partial charge on any atom is 0.326 e. The molecule has 0 aliphatic heterocycles. The highest BCUT2D eigenvalue weighted by Crippen LogP contribution is 2.35. The van der Waals surface area contributed by atoms with Crippen molar-refractivity contribution in [2.45, 2.75) is 39.2 Å². The molecule has 27 heavy (non-hydrogen) atoms. The van der Waals surface area contributed by atoms with Crippen LogP contribution in [-0.4, -0.2) is 42.2 Å². The molecule has 1 aromatic heterocycles. The summed E-state index contributed by atoms with van der Waals surface area (Å²) >= 11 is 1.22. The van der Waals surface area contributed by atoms with Crippen molar-refractivity contribution in [2.24, 2.45) is 0 Å². The number of aliphatic carboxylic acids is 1. The Hall–Kier alpha value is -2.61. The maximum absolute atomic E-state index is 12.6. The summed E-state index contributed by atoms with van der Waals surface area (Å²) in [5, 5.41) is 12.6. The second kappa shape index (κ2) is 9.36. The molecule has 0 aliphatic rings. The number of rotatable bonds is 9. The standard InChI is InChI=1S/C19H24N2O5S/c1-5-6-7-13(19(23)24)21-17(22)16-11(2)20-18(27-16)12-8-9-14(25-3)15(10-12)26-4/h8-10,13H,5-7H2,1-4H3,(H,21,22)(H,23,24)/t13-/m0/s1. The lowest BCUT2D eigenvalue weighted by atomic mass is 10.1. The maximum atomic E-state index is 12.6. The minimum atomic E-state index is -1.03. The average Bonchev–Trinajstić information content (AvgIpc) is 3.05. The molecule has 0 bridgehead atoms. The quantitative estimate of drug-likeness (QED) is 0.678. The topological polar surface area (TPSA) is 97.8 Å². The van der Waals surface area contributed by atoms with Crippen molar-refractivity contribution in [3.8, 4) is 22.1 Å². The Balaban J connectivity index is 2.25. The number of aromatic nitrogens is 1. The Morgan fingerprint density at radius 2 is 1.96 bits per heavy atom. The molecule has 1 aromatic carbocycles. The third-order valence-electron chi connectivity index (χ3n) is 4.08. The summed E-state index contributed by atoms with van der Waals surface area (Å²) in [7, 11) is 3.11. The molecule has 0 fully saturated rings. The van der Waals surface area contributed by atoms with Gasteiger partial charge in [0.25, 0.3) is 5.91 Å². The molecule has 0 saturated heterocycles. The van der Waals surface area contributed by atoms with Gasteiger partial charge in [-0.15, -0.1) is 11.3 Å². The summed E-state index contributed by atoms with van der Waals surface area (Å²) in [5.74, 6) is -0.272. The summed E-state index contributed by atoms with van der Waals surface area (Å²) in [6, 6.07) is 4.50. The fourth-order valence-corrected chi connectivity index (χ4v) is 3.55. The third kappa shape index (κ3) is 4.97. The number of hydrogen-bond acceptors (Lipinski definition) is 6. The molecule has 7 nitrogen and oxygen atoms in total. The lowest BCUT2D eigenvalue weighted by molar-refractivity contribution is -0.139. The molecule has 2 N–H and O–H groups in total. The second-order valence-corrected chi connectivity index (χ2v) is 7.01. The van der Waals surface area contributed by atoms with E-state index in [0.717, 1.165) is 18.4 Å². The molecule has 1 amide bonds. The Labute approximate surface area is 162 Å². The summed E-state index contributed by atoms with van der Waals surface area (Å²) in [5.41, 5.74) is 1.35. The number of methoxy groups -OCH3 is 2. The monoisotopic (exact) mass is 392 g/mol. The number of carboxylic acids is 1. The van der Waals surface area contributed by atoms with Crippen LogP contribution in [0.4, 0.5) is 0 Å². The van der Waals surface area contributed by atoms with E-state index in [1.54, 1.807) is 33.3 Å². The number of hydrogen-bond donors (Lipinski definition) is 2. The van der Waals surface area contributed by atoms with Crippen molar-refractivity contribution in [3.05, 3.63) is 28.8 Å². The third-order valence-corrected chi connectivity index (χ3v) is 5.29. The number of benzene rings is 1. The van der Waals surface area contributed by atoms with E-state index in [9.17, 15) is 14.7 Å². The number of carbonyl (C=O) groups is 2. The number of amides is 1. The van der Waals surface area contributed by atoms with Gasteiger partial charge in [-0.3, -0.25) is 4.79 Å². The van der Waals surface area contributed by atoms with E-state index in [0.29, 0.717) is 33.5 Å². The minimum Gasteiger partial charge on any atom is -0.493 e. The van der Waals surface area contributed by atoms with Crippen LogP contribution < -0.4 is 14.8 Å². The lowest BCUT2D eigenvalue weighted by Gasteiger charge is -2.13. The Bertz CT molecular complexity index is 818. The Morgan fingerprint density at radius 3 is 2.56 bits per heavy atom. The summed E-state index contributed by atoms with van der Waals surface area (Å²) in [4.78, 5) is 28.8. The molecule has 1 atom stereocenters. The van der Waals surface area contributed by atoms with Gasteiger partial charge in [-0.2, -0.15) is 0 Å². The number of carboxylic acid groups (broad SMARTS) is 1. The van der Waals surface area contributed by atoms with Crippen molar-refractivity contribution in [2.75, 3.05) is 14.2 Å². The minimum absolute atomic E-state index is 0.401. The van der Waals surface area contributed by atoms with Gasteiger partial charge in [0, 0.05) is 5.56 Å². The number of unbranched alkanes of at least 4 members (excludes halogenated alkanes) is 1. The summed E-state index contributed by atoms with van der Waals surface area (Å²) in [6.07, 6.45) is 2.00. The summed E-state index contributed by atoms with van der Waals surface area (Å²) in [6.45, 7) is 3.71. The van der Waals surface area contributed by atoms with Crippen molar-refractivity contribution >= 4 is 23.2 Å². The SMILES string of the molecule is CCCC[C@H](NC(=O)c1sc(-c2ccc(OC)c(OC)c2)nc1C)C(=O)O. The molecule has 0 saturated carbocycles. The van der Waals surface area contributed by atoms with Crippen LogP contribution in [0, 0.1) is 6.92 Å². The first-order chi connectivity index (χ1) is 12.9. The predicted octanol–water partition coefficient (Wildman–Crippen LogP) is 3.51. The van der Waals surface area contributed by atoms with E-state index in [2.05, 4.69) is 10.3 Å². The fourth-order valence-electron chi connectivity index (χ4n) is 2.59. The number of nitrogens with zero attached hydrogens (tertiary/aromatic N) is 1. The summed E-state index contributed by atoms with van der Waals surface area (Å²) < 4.78 is 10.5. The smallest absolute Gasteiger partial charge is 0.326 e. The van der Waals surface area contributed by atoms with Gasteiger partial charge in [0.1, 0.15) is 15.9 Å². The Morgan fingerprint density at radius 1 is 1.26 bits per heavy atom. The number of carbonyl (C=O) groups excluding carboxylic acids is 1. The molecular formula is C19H24N2O5S. The normalized spacial score (nSPS) is 11.7. The number of ether oxygens (including phenoxy) is 2. The molecule has 0 radical (unpaired) electrons. The van der Waals surface area contributed by atoms with E-state index in [4.69, 9.17) is 9.47 Å². The Kier molecular flexibility index (Phi) is 7.18. The van der Waals surface area contributed by atoms with Crippen LogP contribution in [0.3, 0.4) is 0 Å². The largest absolute Gasteiger partial charge is 0.493 e. The molecule has 8 heteroatoms.